The maximum absolute atomic E-state index is 2.24. The molecular weight excluding hydrogens is 180 g/mol. The van der Waals surface area contributed by atoms with E-state index in [9.17, 15) is 0 Å². The zero-order chi connectivity index (χ0) is 9.38. The third-order valence-corrected chi connectivity index (χ3v) is 2.61. The van der Waals surface area contributed by atoms with Crippen molar-refractivity contribution < 1.29 is 0 Å². The lowest BCUT2D eigenvalue weighted by molar-refractivity contribution is 1.76. The van der Waals surface area contributed by atoms with Crippen molar-refractivity contribution in [2.75, 3.05) is 0 Å². The van der Waals surface area contributed by atoms with Crippen LogP contribution in [0.5, 0.6) is 0 Å². The van der Waals surface area contributed by atoms with Crippen LogP contribution >= 0.6 is 0 Å². The molecule has 0 unspecified atom stereocenters. The Kier molecular flexibility index (Phi) is 2.42. The molecule has 70 valence electrons. The molecule has 0 heterocycles. The number of hydrogen-bond acceptors (Lipinski definition) is 0. The van der Waals surface area contributed by atoms with Crippen molar-refractivity contribution in [1.82, 2.24) is 0 Å². The first-order valence-corrected chi connectivity index (χ1v) is 4.81. The maximum atomic E-state index is 2.24. The van der Waals surface area contributed by atoms with Gasteiger partial charge in [-0.25, -0.2) is 0 Å². The summed E-state index contributed by atoms with van der Waals surface area (Å²) in [5.41, 5.74) is 0. The first kappa shape index (κ1) is 9.72. The van der Waals surface area contributed by atoms with Gasteiger partial charge >= 0.3 is 0 Å². The molecule has 3 aromatic rings. The summed E-state index contributed by atoms with van der Waals surface area (Å²) in [6.07, 6.45) is 0. The average molecular weight is 190 g/mol. The molecule has 4 radical (unpaired) electrons. The van der Waals surface area contributed by atoms with Gasteiger partial charge in [0.2, 0.25) is 0 Å². The molecule has 0 N–H and O–H groups in total. The predicted molar refractivity (Wildman–Crippen MR) is 64.7 cm³/mol. The minimum atomic E-state index is 0. The number of hydrogen-bond donors (Lipinski definition) is 0. The molecular formula is C15H10. The van der Waals surface area contributed by atoms with Gasteiger partial charge in [0.05, 0.1) is 0 Å². The van der Waals surface area contributed by atoms with E-state index in [0.717, 1.165) is 0 Å². The normalized spacial score (nSPS) is 10.1. The second-order valence-corrected chi connectivity index (χ2v) is 3.55. The average Bonchev–Trinajstić information content (AvgIpc) is 2.26. The lowest BCUT2D eigenvalue weighted by Gasteiger charge is -2.00. The third-order valence-electron chi connectivity index (χ3n) is 2.61. The fourth-order valence-electron chi connectivity index (χ4n) is 1.88. The summed E-state index contributed by atoms with van der Waals surface area (Å²) >= 11 is 0. The van der Waals surface area contributed by atoms with E-state index < -0.39 is 0 Å². The Labute approximate surface area is 90.2 Å². The van der Waals surface area contributed by atoms with Gasteiger partial charge in [0.1, 0.15) is 0 Å². The monoisotopic (exact) mass is 190 g/mol. The van der Waals surface area contributed by atoms with Crippen LogP contribution in [0.2, 0.25) is 0 Å². The molecule has 15 heavy (non-hydrogen) atoms. The molecule has 0 nitrogen and oxygen atoms in total. The molecule has 3 rings (SSSR count). The molecule has 3 aromatic carbocycles. The molecule has 0 aromatic heterocycles. The number of benzene rings is 3. The number of fused-ring (bicyclic) bond motifs is 2. The highest BCUT2D eigenvalue weighted by Crippen LogP contribution is 2.21. The van der Waals surface area contributed by atoms with Gasteiger partial charge in [0, 0.05) is 7.43 Å². The van der Waals surface area contributed by atoms with Crippen LogP contribution in [0.3, 0.4) is 0 Å². The molecule has 0 spiro atoms. The van der Waals surface area contributed by atoms with Crippen molar-refractivity contribution in [2.24, 2.45) is 0 Å². The topological polar surface area (TPSA) is 0 Å². The highest BCUT2D eigenvalue weighted by Gasteiger charge is 1.95. The fourth-order valence-corrected chi connectivity index (χ4v) is 1.88. The van der Waals surface area contributed by atoms with Gasteiger partial charge in [-0.3, -0.25) is 0 Å². The molecule has 0 aliphatic heterocycles. The second-order valence-electron chi connectivity index (χ2n) is 3.55. The number of rotatable bonds is 0. The summed E-state index contributed by atoms with van der Waals surface area (Å²) in [4.78, 5) is 0. The summed E-state index contributed by atoms with van der Waals surface area (Å²) in [6.45, 7) is 0. The van der Waals surface area contributed by atoms with E-state index in [4.69, 9.17) is 0 Å². The molecule has 0 bridgehead atoms. The van der Waals surface area contributed by atoms with E-state index in [0.29, 0.717) is 0 Å². The molecule has 0 atom stereocenters. The lowest BCUT2D eigenvalue weighted by atomic mass is 10.0. The third kappa shape index (κ3) is 1.59. The van der Waals surface area contributed by atoms with Crippen LogP contribution in [0.1, 0.15) is 0 Å². The molecule has 0 saturated carbocycles. The summed E-state index contributed by atoms with van der Waals surface area (Å²) in [7, 11) is 0. The minimum absolute atomic E-state index is 0. The molecule has 0 fully saturated rings. The first-order valence-electron chi connectivity index (χ1n) is 4.81. The largest absolute Gasteiger partial charge is 0.0616 e. The van der Waals surface area contributed by atoms with Crippen molar-refractivity contribution in [1.29, 1.82) is 0 Å². The highest BCUT2D eigenvalue weighted by molar-refractivity contribution is 5.97. The van der Waals surface area contributed by atoms with Crippen molar-refractivity contribution in [2.45, 2.75) is 0 Å². The van der Waals surface area contributed by atoms with E-state index >= 15 is 0 Å². The van der Waals surface area contributed by atoms with Gasteiger partial charge in [-0.1, -0.05) is 48.5 Å². The summed E-state index contributed by atoms with van der Waals surface area (Å²) < 4.78 is 0. The zero-order valence-electron chi connectivity index (χ0n) is 8.27. The van der Waals surface area contributed by atoms with Crippen molar-refractivity contribution >= 4 is 21.5 Å². The van der Waals surface area contributed by atoms with E-state index in [1.807, 2.05) is 0 Å². The predicted octanol–water partition coefficient (Wildman–Crippen LogP) is 4.07. The van der Waals surface area contributed by atoms with Crippen LogP contribution in [-0.4, -0.2) is 0 Å². The molecule has 0 aliphatic carbocycles. The van der Waals surface area contributed by atoms with Gasteiger partial charge in [-0.15, -0.1) is 0 Å². The van der Waals surface area contributed by atoms with Crippen molar-refractivity contribution in [3.05, 3.63) is 68.1 Å². The molecule has 0 aliphatic rings. The van der Waals surface area contributed by atoms with Crippen LogP contribution in [0.15, 0.2) is 60.7 Å². The van der Waals surface area contributed by atoms with Crippen LogP contribution in [0.25, 0.3) is 21.5 Å². The van der Waals surface area contributed by atoms with E-state index in [-0.39, 0.29) is 7.43 Å². The smallest absolute Gasteiger partial charge is 0 e. The lowest BCUT2D eigenvalue weighted by Crippen LogP contribution is -1.74. The summed E-state index contributed by atoms with van der Waals surface area (Å²) in [5.74, 6) is 0. The Morgan fingerprint density at radius 3 is 1.00 bits per heavy atom. The van der Waals surface area contributed by atoms with E-state index in [2.05, 4.69) is 60.7 Å². The van der Waals surface area contributed by atoms with Gasteiger partial charge < -0.3 is 0 Å². The van der Waals surface area contributed by atoms with Gasteiger partial charge in [0.15, 0.2) is 0 Å². The molecule has 0 saturated heterocycles. The Bertz CT molecular complexity index is 489. The van der Waals surface area contributed by atoms with E-state index in [1.54, 1.807) is 0 Å². The summed E-state index contributed by atoms with van der Waals surface area (Å²) in [5, 5.41) is 5.25. The molecule has 0 amide bonds. The zero-order valence-corrected chi connectivity index (χ0v) is 8.27. The van der Waals surface area contributed by atoms with Crippen LogP contribution in [0.4, 0.5) is 0 Å². The Morgan fingerprint density at radius 1 is 0.467 bits per heavy atom. The van der Waals surface area contributed by atoms with Crippen molar-refractivity contribution in [3.8, 4) is 0 Å². The highest BCUT2D eigenvalue weighted by atomic mass is 14.0. The fraction of sp³-hybridized carbons (Fsp3) is 0. The maximum Gasteiger partial charge on any atom is 0 e. The van der Waals surface area contributed by atoms with Crippen molar-refractivity contribution in [3.63, 3.8) is 0 Å². The van der Waals surface area contributed by atoms with Crippen LogP contribution in [-0.2, 0) is 0 Å². The Morgan fingerprint density at radius 2 is 0.733 bits per heavy atom. The first-order chi connectivity index (χ1) is 6.93. The van der Waals surface area contributed by atoms with Gasteiger partial charge in [-0.05, 0) is 33.7 Å². The SMILES string of the molecule is [C].c1ccc2cc3ccccc3cc2c1. The standard InChI is InChI=1S/C14H10.C/c1-2-6-12-10-14-8-4-3-7-13(14)9-11(12)5-1;/h1-10H;. The van der Waals surface area contributed by atoms with Gasteiger partial charge in [-0.2, -0.15) is 0 Å². The second kappa shape index (κ2) is 3.74. The van der Waals surface area contributed by atoms with Crippen LogP contribution < -0.4 is 0 Å². The molecule has 0 heteroatoms. The Balaban J connectivity index is 0.000000853. The summed E-state index contributed by atoms with van der Waals surface area (Å²) in [6, 6.07) is 21.4. The van der Waals surface area contributed by atoms with E-state index in [1.165, 1.54) is 21.5 Å². The Hall–Kier alpha value is -1.82. The quantitative estimate of drug-likeness (QED) is 0.469. The minimum Gasteiger partial charge on any atom is -0.0616 e. The van der Waals surface area contributed by atoms with Crippen LogP contribution in [0, 0.1) is 7.43 Å². The van der Waals surface area contributed by atoms with Gasteiger partial charge in [0.25, 0.3) is 0 Å².